The molecular formula is C16H26N4O2S. The molecule has 0 radical (unpaired) electrons. The van der Waals surface area contributed by atoms with Crippen LogP contribution in [0.25, 0.3) is 0 Å². The summed E-state index contributed by atoms with van der Waals surface area (Å²) >= 11 is 0. The molecule has 2 fully saturated rings. The van der Waals surface area contributed by atoms with Gasteiger partial charge in [-0.05, 0) is 43.6 Å². The maximum atomic E-state index is 12.2. The summed E-state index contributed by atoms with van der Waals surface area (Å²) in [5.41, 5.74) is 0.309. The number of sulfonamides is 1. The highest BCUT2D eigenvalue weighted by molar-refractivity contribution is 7.89. The van der Waals surface area contributed by atoms with Crippen LogP contribution in [0.1, 0.15) is 39.0 Å². The van der Waals surface area contributed by atoms with Crippen molar-refractivity contribution in [3.63, 3.8) is 0 Å². The fraction of sp³-hybridized carbons (Fsp3) is 0.750. The van der Waals surface area contributed by atoms with Gasteiger partial charge in [-0.1, -0.05) is 6.92 Å². The molecule has 6 nitrogen and oxygen atoms in total. The first kappa shape index (κ1) is 16.6. The number of hydrogen-bond acceptors (Lipinski definition) is 5. The molecule has 7 heteroatoms. The van der Waals surface area contributed by atoms with Gasteiger partial charge >= 0.3 is 0 Å². The van der Waals surface area contributed by atoms with Crippen molar-refractivity contribution >= 4 is 16.0 Å². The Labute approximate surface area is 139 Å². The van der Waals surface area contributed by atoms with E-state index in [0.717, 1.165) is 44.7 Å². The van der Waals surface area contributed by atoms with Crippen molar-refractivity contribution in [3.05, 3.63) is 18.5 Å². The Morgan fingerprint density at radius 1 is 1.04 bits per heavy atom. The van der Waals surface area contributed by atoms with E-state index in [1.54, 1.807) is 16.7 Å². The zero-order chi connectivity index (χ0) is 16.3. The molecule has 0 unspecified atom stereocenters. The van der Waals surface area contributed by atoms with Gasteiger partial charge in [-0.3, -0.25) is 0 Å². The Morgan fingerprint density at radius 2 is 1.61 bits per heavy atom. The molecule has 3 rings (SSSR count). The van der Waals surface area contributed by atoms with E-state index in [2.05, 4.69) is 14.9 Å². The number of aromatic nitrogens is 2. The summed E-state index contributed by atoms with van der Waals surface area (Å²) in [4.78, 5) is 10.9. The molecule has 0 bridgehead atoms. The summed E-state index contributed by atoms with van der Waals surface area (Å²) in [5, 5.41) is 0. The largest absolute Gasteiger partial charge is 0.341 e. The van der Waals surface area contributed by atoms with Gasteiger partial charge in [-0.25, -0.2) is 22.7 Å². The topological polar surface area (TPSA) is 66.4 Å². The Bertz CT molecular complexity index is 602. The maximum absolute atomic E-state index is 12.2. The number of nitrogens with zero attached hydrogens (tertiary/aromatic N) is 4. The lowest BCUT2D eigenvalue weighted by Gasteiger charge is -2.46. The number of hydrogen-bond donors (Lipinski definition) is 0. The van der Waals surface area contributed by atoms with Crippen LogP contribution in [0.2, 0.25) is 0 Å². The summed E-state index contributed by atoms with van der Waals surface area (Å²) in [5.74, 6) is 1.09. The van der Waals surface area contributed by atoms with Gasteiger partial charge in [-0.15, -0.1) is 0 Å². The molecule has 0 aromatic carbocycles. The number of piperidine rings is 2. The van der Waals surface area contributed by atoms with Crippen molar-refractivity contribution in [1.82, 2.24) is 14.3 Å². The predicted molar refractivity (Wildman–Crippen MR) is 90.8 cm³/mol. The summed E-state index contributed by atoms with van der Waals surface area (Å²) in [6, 6.07) is 1.83. The molecule has 1 spiro atoms. The van der Waals surface area contributed by atoms with Crippen molar-refractivity contribution in [3.8, 4) is 0 Å². The molecule has 3 heterocycles. The van der Waals surface area contributed by atoms with E-state index in [1.165, 1.54) is 0 Å². The molecule has 2 aliphatic heterocycles. The normalized spacial score (nSPS) is 22.4. The highest BCUT2D eigenvalue weighted by atomic mass is 32.2. The summed E-state index contributed by atoms with van der Waals surface area (Å²) in [7, 11) is -3.04. The van der Waals surface area contributed by atoms with Gasteiger partial charge in [0.05, 0.1) is 5.75 Å². The molecule has 0 aliphatic carbocycles. The molecule has 0 amide bonds. The lowest BCUT2D eigenvalue weighted by atomic mass is 9.71. The van der Waals surface area contributed by atoms with E-state index < -0.39 is 10.0 Å². The van der Waals surface area contributed by atoms with Crippen LogP contribution in [0, 0.1) is 5.41 Å². The average molecular weight is 338 g/mol. The molecule has 23 heavy (non-hydrogen) atoms. The van der Waals surface area contributed by atoms with E-state index in [-0.39, 0.29) is 5.75 Å². The second-order valence-electron chi connectivity index (χ2n) is 6.75. The first-order valence-corrected chi connectivity index (χ1v) is 10.2. The van der Waals surface area contributed by atoms with Crippen LogP contribution in [0.3, 0.4) is 0 Å². The fourth-order valence-corrected chi connectivity index (χ4v) is 5.27. The van der Waals surface area contributed by atoms with E-state index in [9.17, 15) is 8.42 Å². The van der Waals surface area contributed by atoms with Gasteiger partial charge in [-0.2, -0.15) is 0 Å². The van der Waals surface area contributed by atoms with E-state index in [0.29, 0.717) is 24.9 Å². The average Bonchev–Trinajstić information content (AvgIpc) is 2.57. The molecule has 1 aromatic heterocycles. The quantitative estimate of drug-likeness (QED) is 0.839. The molecule has 2 saturated heterocycles. The minimum absolute atomic E-state index is 0.277. The van der Waals surface area contributed by atoms with Crippen LogP contribution >= 0.6 is 0 Å². The molecular weight excluding hydrogens is 312 g/mol. The van der Waals surface area contributed by atoms with Crippen molar-refractivity contribution in [2.24, 2.45) is 5.41 Å². The summed E-state index contributed by atoms with van der Waals surface area (Å²) < 4.78 is 26.1. The van der Waals surface area contributed by atoms with Crippen molar-refractivity contribution in [2.75, 3.05) is 36.8 Å². The van der Waals surface area contributed by atoms with Crippen molar-refractivity contribution < 1.29 is 8.42 Å². The number of rotatable bonds is 4. The maximum Gasteiger partial charge on any atom is 0.225 e. The van der Waals surface area contributed by atoms with Gasteiger partial charge in [0.25, 0.3) is 0 Å². The van der Waals surface area contributed by atoms with Crippen molar-refractivity contribution in [1.29, 1.82) is 0 Å². The Kier molecular flexibility index (Phi) is 4.87. The van der Waals surface area contributed by atoms with Crippen LogP contribution in [0.15, 0.2) is 18.5 Å². The Hall–Kier alpha value is -1.21. The SMILES string of the molecule is CCCS(=O)(=O)N1CCC2(CCN(c3ncccn3)CC2)CC1. The Balaban J connectivity index is 1.56. The monoisotopic (exact) mass is 338 g/mol. The van der Waals surface area contributed by atoms with Crippen molar-refractivity contribution in [2.45, 2.75) is 39.0 Å². The van der Waals surface area contributed by atoms with Gasteiger partial charge in [0.15, 0.2) is 0 Å². The molecule has 1 aromatic rings. The van der Waals surface area contributed by atoms with E-state index >= 15 is 0 Å². The number of anilines is 1. The van der Waals surface area contributed by atoms with Gasteiger partial charge in [0.1, 0.15) is 0 Å². The minimum atomic E-state index is -3.04. The first-order valence-electron chi connectivity index (χ1n) is 8.54. The second kappa shape index (κ2) is 6.73. The zero-order valence-corrected chi connectivity index (χ0v) is 14.6. The second-order valence-corrected chi connectivity index (χ2v) is 8.84. The lowest BCUT2D eigenvalue weighted by molar-refractivity contribution is 0.118. The summed E-state index contributed by atoms with van der Waals surface area (Å²) in [6.07, 6.45) is 8.43. The standard InChI is InChI=1S/C16H26N4O2S/c1-2-14-23(21,22)20-12-6-16(7-13-20)4-10-19(11-5-16)15-17-8-3-9-18-15/h3,8-9H,2,4-7,10-14H2,1H3. The predicted octanol–water partition coefficient (Wildman–Crippen LogP) is 1.90. The van der Waals surface area contributed by atoms with Crippen LogP contribution in [0.4, 0.5) is 5.95 Å². The first-order chi connectivity index (χ1) is 11.0. The Morgan fingerprint density at radius 3 is 2.17 bits per heavy atom. The third-order valence-corrected chi connectivity index (χ3v) is 7.37. The van der Waals surface area contributed by atoms with E-state index in [1.807, 2.05) is 13.0 Å². The third-order valence-electron chi connectivity index (χ3n) is 5.30. The van der Waals surface area contributed by atoms with Crippen LogP contribution in [-0.4, -0.2) is 54.6 Å². The smallest absolute Gasteiger partial charge is 0.225 e. The van der Waals surface area contributed by atoms with Crippen LogP contribution in [0.5, 0.6) is 0 Å². The molecule has 0 N–H and O–H groups in total. The molecule has 0 atom stereocenters. The van der Waals surface area contributed by atoms with Crippen LogP contribution < -0.4 is 4.90 Å². The molecule has 0 saturated carbocycles. The third kappa shape index (κ3) is 3.66. The highest BCUT2D eigenvalue weighted by Gasteiger charge is 2.40. The van der Waals surface area contributed by atoms with Gasteiger partial charge in [0, 0.05) is 38.6 Å². The lowest BCUT2D eigenvalue weighted by Crippen LogP contribution is -2.48. The van der Waals surface area contributed by atoms with Crippen LogP contribution in [-0.2, 0) is 10.0 Å². The van der Waals surface area contributed by atoms with E-state index in [4.69, 9.17) is 0 Å². The summed E-state index contributed by atoms with van der Waals surface area (Å²) in [6.45, 7) is 5.22. The fourth-order valence-electron chi connectivity index (χ4n) is 3.76. The van der Waals surface area contributed by atoms with Gasteiger partial charge < -0.3 is 4.90 Å². The minimum Gasteiger partial charge on any atom is -0.341 e. The highest BCUT2D eigenvalue weighted by Crippen LogP contribution is 2.42. The van der Waals surface area contributed by atoms with Gasteiger partial charge in [0.2, 0.25) is 16.0 Å². The molecule has 2 aliphatic rings. The zero-order valence-electron chi connectivity index (χ0n) is 13.8. The molecule has 128 valence electrons.